The molecule has 0 aliphatic rings. The van der Waals surface area contributed by atoms with Crippen LogP contribution in [0.3, 0.4) is 0 Å². The van der Waals surface area contributed by atoms with Crippen LogP contribution < -0.4 is 5.32 Å². The smallest absolute Gasteiger partial charge is 0.0624 e. The molecule has 0 aromatic heterocycles. The SMILES string of the molecule is CCNC(Cc1cccc(Cl)c1Cl)c1ccccc1CC. The van der Waals surface area contributed by atoms with Gasteiger partial charge in [-0.25, -0.2) is 0 Å². The van der Waals surface area contributed by atoms with E-state index >= 15 is 0 Å². The summed E-state index contributed by atoms with van der Waals surface area (Å²) in [5.41, 5.74) is 3.81. The van der Waals surface area contributed by atoms with E-state index in [4.69, 9.17) is 23.2 Å². The Kier molecular flexibility index (Phi) is 6.10. The molecule has 112 valence electrons. The molecular formula is C18H21Cl2N. The molecule has 0 aliphatic carbocycles. The normalized spacial score (nSPS) is 12.4. The molecule has 1 N–H and O–H groups in total. The molecule has 2 rings (SSSR count). The van der Waals surface area contributed by atoms with Gasteiger partial charge in [-0.3, -0.25) is 0 Å². The third-order valence-corrected chi connectivity index (χ3v) is 4.58. The summed E-state index contributed by atoms with van der Waals surface area (Å²) >= 11 is 12.5. The first-order valence-electron chi connectivity index (χ1n) is 7.41. The lowest BCUT2D eigenvalue weighted by atomic mass is 9.93. The number of likely N-dealkylation sites (N-methyl/N-ethyl adjacent to an activating group) is 1. The minimum atomic E-state index is 0.252. The van der Waals surface area contributed by atoms with E-state index in [1.807, 2.05) is 18.2 Å². The Bertz CT molecular complexity index is 596. The van der Waals surface area contributed by atoms with Crippen molar-refractivity contribution in [2.45, 2.75) is 32.7 Å². The van der Waals surface area contributed by atoms with E-state index < -0.39 is 0 Å². The van der Waals surface area contributed by atoms with Gasteiger partial charge in [0.25, 0.3) is 0 Å². The van der Waals surface area contributed by atoms with Crippen molar-refractivity contribution >= 4 is 23.2 Å². The molecule has 0 aliphatic heterocycles. The summed E-state index contributed by atoms with van der Waals surface area (Å²) in [5, 5.41) is 4.85. The molecule has 0 saturated heterocycles. The van der Waals surface area contributed by atoms with Crippen molar-refractivity contribution in [3.05, 3.63) is 69.2 Å². The average Bonchev–Trinajstić information content (AvgIpc) is 2.51. The molecule has 3 heteroatoms. The number of nitrogens with one attached hydrogen (secondary N) is 1. The molecule has 0 amide bonds. The van der Waals surface area contributed by atoms with Crippen LogP contribution in [-0.4, -0.2) is 6.54 Å². The maximum absolute atomic E-state index is 6.34. The number of aryl methyl sites for hydroxylation is 1. The van der Waals surface area contributed by atoms with Crippen LogP contribution in [-0.2, 0) is 12.8 Å². The van der Waals surface area contributed by atoms with Crippen LogP contribution in [0.1, 0.15) is 36.6 Å². The summed E-state index contributed by atoms with van der Waals surface area (Å²) in [6.45, 7) is 5.23. The van der Waals surface area contributed by atoms with E-state index in [9.17, 15) is 0 Å². The van der Waals surface area contributed by atoms with Gasteiger partial charge in [-0.05, 0) is 42.1 Å². The fourth-order valence-corrected chi connectivity index (χ4v) is 3.06. The lowest BCUT2D eigenvalue weighted by Crippen LogP contribution is -2.24. The van der Waals surface area contributed by atoms with Crippen LogP contribution in [0.2, 0.25) is 10.0 Å². The van der Waals surface area contributed by atoms with Crippen molar-refractivity contribution in [3.8, 4) is 0 Å². The average molecular weight is 322 g/mol. The van der Waals surface area contributed by atoms with E-state index in [1.165, 1.54) is 11.1 Å². The number of rotatable bonds is 6. The second-order valence-corrected chi connectivity index (χ2v) is 5.86. The molecule has 0 bridgehead atoms. The Morgan fingerprint density at radius 3 is 2.38 bits per heavy atom. The van der Waals surface area contributed by atoms with Crippen molar-refractivity contribution in [2.75, 3.05) is 6.54 Å². The molecule has 21 heavy (non-hydrogen) atoms. The predicted molar refractivity (Wildman–Crippen MR) is 92.4 cm³/mol. The van der Waals surface area contributed by atoms with Gasteiger partial charge in [0, 0.05) is 6.04 Å². The van der Waals surface area contributed by atoms with Crippen molar-refractivity contribution in [1.29, 1.82) is 0 Å². The third kappa shape index (κ3) is 4.00. The zero-order valence-electron chi connectivity index (χ0n) is 12.5. The van der Waals surface area contributed by atoms with Crippen molar-refractivity contribution in [1.82, 2.24) is 5.32 Å². The minimum Gasteiger partial charge on any atom is -0.310 e. The second-order valence-electron chi connectivity index (χ2n) is 5.08. The highest BCUT2D eigenvalue weighted by Gasteiger charge is 2.16. The maximum Gasteiger partial charge on any atom is 0.0624 e. The van der Waals surface area contributed by atoms with E-state index in [1.54, 1.807) is 0 Å². The molecule has 1 unspecified atom stereocenters. The van der Waals surface area contributed by atoms with Gasteiger partial charge in [0.1, 0.15) is 0 Å². The fraction of sp³-hybridized carbons (Fsp3) is 0.333. The van der Waals surface area contributed by atoms with Crippen LogP contribution >= 0.6 is 23.2 Å². The van der Waals surface area contributed by atoms with Crippen LogP contribution in [0.15, 0.2) is 42.5 Å². The van der Waals surface area contributed by atoms with E-state index in [0.29, 0.717) is 10.0 Å². The number of hydrogen-bond donors (Lipinski definition) is 1. The first-order valence-corrected chi connectivity index (χ1v) is 8.17. The van der Waals surface area contributed by atoms with Gasteiger partial charge in [0.05, 0.1) is 10.0 Å². The quantitative estimate of drug-likeness (QED) is 0.746. The Hall–Kier alpha value is -1.02. The van der Waals surface area contributed by atoms with Crippen molar-refractivity contribution in [3.63, 3.8) is 0 Å². The zero-order chi connectivity index (χ0) is 15.2. The molecule has 0 radical (unpaired) electrons. The highest BCUT2D eigenvalue weighted by Crippen LogP contribution is 2.30. The maximum atomic E-state index is 6.34. The third-order valence-electron chi connectivity index (χ3n) is 3.72. The highest BCUT2D eigenvalue weighted by molar-refractivity contribution is 6.42. The van der Waals surface area contributed by atoms with Crippen LogP contribution in [0.25, 0.3) is 0 Å². The van der Waals surface area contributed by atoms with Crippen LogP contribution in [0, 0.1) is 0 Å². The van der Waals surface area contributed by atoms with Crippen LogP contribution in [0.5, 0.6) is 0 Å². The zero-order valence-corrected chi connectivity index (χ0v) is 14.0. The fourth-order valence-electron chi connectivity index (χ4n) is 2.66. The minimum absolute atomic E-state index is 0.252. The second kappa shape index (κ2) is 7.84. The summed E-state index contributed by atoms with van der Waals surface area (Å²) < 4.78 is 0. The van der Waals surface area contributed by atoms with E-state index in [-0.39, 0.29) is 6.04 Å². The molecule has 0 heterocycles. The molecule has 0 saturated carbocycles. The van der Waals surface area contributed by atoms with Gasteiger partial charge >= 0.3 is 0 Å². The van der Waals surface area contributed by atoms with Gasteiger partial charge in [0.2, 0.25) is 0 Å². The Labute approximate surface area is 137 Å². The number of hydrogen-bond acceptors (Lipinski definition) is 1. The standard InChI is InChI=1S/C18H21Cl2N/c1-3-13-8-5-6-10-15(13)17(21-4-2)12-14-9-7-11-16(19)18(14)20/h5-11,17,21H,3-4,12H2,1-2H3. The van der Waals surface area contributed by atoms with E-state index in [2.05, 4.69) is 43.4 Å². The Morgan fingerprint density at radius 1 is 0.952 bits per heavy atom. The topological polar surface area (TPSA) is 12.0 Å². The first kappa shape index (κ1) is 16.4. The highest BCUT2D eigenvalue weighted by atomic mass is 35.5. The summed E-state index contributed by atoms with van der Waals surface area (Å²) in [6.07, 6.45) is 1.87. The lowest BCUT2D eigenvalue weighted by molar-refractivity contribution is 0.546. The lowest BCUT2D eigenvalue weighted by Gasteiger charge is -2.22. The summed E-state index contributed by atoms with van der Waals surface area (Å²) in [4.78, 5) is 0. The summed E-state index contributed by atoms with van der Waals surface area (Å²) in [5.74, 6) is 0. The van der Waals surface area contributed by atoms with Crippen LogP contribution in [0.4, 0.5) is 0 Å². The van der Waals surface area contributed by atoms with E-state index in [0.717, 1.165) is 24.9 Å². The van der Waals surface area contributed by atoms with Gasteiger partial charge in [-0.15, -0.1) is 0 Å². The molecule has 0 spiro atoms. The summed E-state index contributed by atoms with van der Waals surface area (Å²) in [7, 11) is 0. The van der Waals surface area contributed by atoms with Gasteiger partial charge in [-0.2, -0.15) is 0 Å². The Balaban J connectivity index is 2.33. The van der Waals surface area contributed by atoms with Crippen molar-refractivity contribution < 1.29 is 0 Å². The largest absolute Gasteiger partial charge is 0.310 e. The van der Waals surface area contributed by atoms with Crippen molar-refractivity contribution in [2.24, 2.45) is 0 Å². The summed E-state index contributed by atoms with van der Waals surface area (Å²) in [6, 6.07) is 14.7. The number of halogens is 2. The molecular weight excluding hydrogens is 301 g/mol. The monoisotopic (exact) mass is 321 g/mol. The molecule has 0 fully saturated rings. The molecule has 2 aromatic rings. The van der Waals surface area contributed by atoms with Gasteiger partial charge < -0.3 is 5.32 Å². The molecule has 1 atom stereocenters. The first-order chi connectivity index (χ1) is 10.2. The predicted octanol–water partition coefficient (Wildman–Crippen LogP) is 5.45. The Morgan fingerprint density at radius 2 is 1.67 bits per heavy atom. The molecule has 1 nitrogen and oxygen atoms in total. The van der Waals surface area contributed by atoms with Gasteiger partial charge in [-0.1, -0.05) is 73.4 Å². The van der Waals surface area contributed by atoms with Gasteiger partial charge in [0.15, 0.2) is 0 Å². The number of benzene rings is 2. The molecule has 2 aromatic carbocycles.